The van der Waals surface area contributed by atoms with Crippen LogP contribution in [0.3, 0.4) is 0 Å². The van der Waals surface area contributed by atoms with Crippen LogP contribution in [0.15, 0.2) is 12.1 Å². The van der Waals surface area contributed by atoms with Crippen LogP contribution in [0.2, 0.25) is 0 Å². The molecule has 2 heterocycles. The minimum atomic E-state index is -0.421. The number of nitrogens with one attached hydrogen (secondary N) is 1. The van der Waals surface area contributed by atoms with Gasteiger partial charge in [-0.2, -0.15) is 0 Å². The van der Waals surface area contributed by atoms with Crippen molar-refractivity contribution >= 4 is 5.69 Å². The molecule has 0 saturated heterocycles. The molecule has 2 unspecified atom stereocenters. The van der Waals surface area contributed by atoms with Gasteiger partial charge in [0.15, 0.2) is 11.5 Å². The first-order chi connectivity index (χ1) is 8.00. The molecular weight excluding hydrogens is 218 g/mol. The monoisotopic (exact) mass is 235 g/mol. The van der Waals surface area contributed by atoms with E-state index in [1.165, 1.54) is 0 Å². The van der Waals surface area contributed by atoms with Crippen LogP contribution in [-0.4, -0.2) is 23.5 Å². The van der Waals surface area contributed by atoms with E-state index < -0.39 is 6.10 Å². The van der Waals surface area contributed by atoms with Gasteiger partial charge in [0.25, 0.3) is 0 Å². The molecule has 0 saturated carbocycles. The average Bonchev–Trinajstić information content (AvgIpc) is 2.74. The van der Waals surface area contributed by atoms with Gasteiger partial charge in [-0.3, -0.25) is 0 Å². The summed E-state index contributed by atoms with van der Waals surface area (Å²) in [5.74, 6) is 1.63. The fourth-order valence-corrected chi connectivity index (χ4v) is 2.69. The summed E-state index contributed by atoms with van der Waals surface area (Å²) >= 11 is 0. The maximum Gasteiger partial charge on any atom is 0.231 e. The zero-order valence-electron chi connectivity index (χ0n) is 10.3. The quantitative estimate of drug-likeness (QED) is 0.723. The van der Waals surface area contributed by atoms with Crippen LogP contribution in [0.25, 0.3) is 0 Å². The predicted molar refractivity (Wildman–Crippen MR) is 64.7 cm³/mol. The fourth-order valence-electron chi connectivity index (χ4n) is 2.69. The molecule has 4 heteroatoms. The third kappa shape index (κ3) is 1.40. The Morgan fingerprint density at radius 1 is 1.35 bits per heavy atom. The van der Waals surface area contributed by atoms with E-state index in [9.17, 15) is 5.11 Å². The lowest BCUT2D eigenvalue weighted by molar-refractivity contribution is 0.0865. The minimum Gasteiger partial charge on any atom is -0.454 e. The molecule has 2 aliphatic heterocycles. The number of rotatable bonds is 0. The number of aliphatic hydroxyl groups is 1. The van der Waals surface area contributed by atoms with Gasteiger partial charge in [-0.15, -0.1) is 0 Å². The van der Waals surface area contributed by atoms with Crippen LogP contribution in [0.4, 0.5) is 5.69 Å². The van der Waals surface area contributed by atoms with Crippen LogP contribution >= 0.6 is 0 Å². The Morgan fingerprint density at radius 2 is 2.12 bits per heavy atom. The molecule has 0 spiro atoms. The zero-order valence-corrected chi connectivity index (χ0v) is 10.3. The lowest BCUT2D eigenvalue weighted by Crippen LogP contribution is -2.49. The Hall–Kier alpha value is -1.42. The Labute approximate surface area is 101 Å². The highest BCUT2D eigenvalue weighted by atomic mass is 16.7. The van der Waals surface area contributed by atoms with Crippen molar-refractivity contribution in [3.05, 3.63) is 17.7 Å². The van der Waals surface area contributed by atoms with E-state index in [-0.39, 0.29) is 18.2 Å². The molecule has 2 aliphatic rings. The molecule has 3 rings (SSSR count). The molecular formula is C13H17NO3. The summed E-state index contributed by atoms with van der Waals surface area (Å²) in [5.41, 5.74) is 1.68. The summed E-state index contributed by atoms with van der Waals surface area (Å²) in [4.78, 5) is 0. The molecule has 0 amide bonds. The Bertz CT molecular complexity index is 470. The number of hydrogen-bond acceptors (Lipinski definition) is 4. The third-order valence-corrected chi connectivity index (χ3v) is 3.72. The van der Waals surface area contributed by atoms with Gasteiger partial charge in [0.2, 0.25) is 6.79 Å². The standard InChI is InChI=1S/C13H17NO3/c1-7-8-4-5-9-11(17-6-16-9)10(8)14-13(2,3)12(7)15/h4-5,7,12,14-15H,6H2,1-3H3. The van der Waals surface area contributed by atoms with E-state index >= 15 is 0 Å². The normalized spacial score (nSPS) is 28.5. The molecule has 2 N–H and O–H groups in total. The van der Waals surface area contributed by atoms with E-state index in [1.54, 1.807) is 0 Å². The van der Waals surface area contributed by atoms with Gasteiger partial charge in [0, 0.05) is 5.92 Å². The second-order valence-corrected chi connectivity index (χ2v) is 5.34. The molecule has 92 valence electrons. The Morgan fingerprint density at radius 3 is 2.88 bits per heavy atom. The SMILES string of the molecule is CC1c2ccc3c(c2NC(C)(C)C1O)OCO3. The summed E-state index contributed by atoms with van der Waals surface area (Å²) < 4.78 is 10.9. The second-order valence-electron chi connectivity index (χ2n) is 5.34. The molecule has 1 aromatic rings. The first-order valence-electron chi connectivity index (χ1n) is 5.89. The molecule has 4 nitrogen and oxygen atoms in total. The van der Waals surface area contributed by atoms with Crippen LogP contribution < -0.4 is 14.8 Å². The molecule has 0 aromatic heterocycles. The van der Waals surface area contributed by atoms with E-state index in [1.807, 2.05) is 32.9 Å². The number of hydrogen-bond donors (Lipinski definition) is 2. The maximum absolute atomic E-state index is 10.3. The first-order valence-corrected chi connectivity index (χ1v) is 5.89. The first kappa shape index (κ1) is 10.7. The van der Waals surface area contributed by atoms with Crippen molar-refractivity contribution in [1.82, 2.24) is 0 Å². The molecule has 17 heavy (non-hydrogen) atoms. The van der Waals surface area contributed by atoms with Gasteiger partial charge in [-0.05, 0) is 25.5 Å². The Balaban J connectivity index is 2.16. The highest BCUT2D eigenvalue weighted by molar-refractivity contribution is 5.72. The minimum absolute atomic E-state index is 0.0794. The van der Waals surface area contributed by atoms with Crippen LogP contribution in [0.5, 0.6) is 11.5 Å². The van der Waals surface area contributed by atoms with Crippen molar-refractivity contribution in [2.75, 3.05) is 12.1 Å². The highest BCUT2D eigenvalue weighted by Gasteiger charge is 2.40. The summed E-state index contributed by atoms with van der Waals surface area (Å²) in [6.07, 6.45) is -0.421. The van der Waals surface area contributed by atoms with Gasteiger partial charge in [0.1, 0.15) is 0 Å². The number of anilines is 1. The Kier molecular flexibility index (Phi) is 2.08. The van der Waals surface area contributed by atoms with Crippen molar-refractivity contribution < 1.29 is 14.6 Å². The molecule has 2 atom stereocenters. The van der Waals surface area contributed by atoms with Crippen LogP contribution in [0.1, 0.15) is 32.3 Å². The molecule has 0 aliphatic carbocycles. The van der Waals surface area contributed by atoms with Crippen molar-refractivity contribution in [2.24, 2.45) is 0 Å². The number of benzene rings is 1. The van der Waals surface area contributed by atoms with Crippen molar-refractivity contribution in [3.8, 4) is 11.5 Å². The zero-order chi connectivity index (χ0) is 12.2. The van der Waals surface area contributed by atoms with E-state index in [0.717, 1.165) is 22.7 Å². The summed E-state index contributed by atoms with van der Waals surface area (Å²) in [6, 6.07) is 3.91. The summed E-state index contributed by atoms with van der Waals surface area (Å²) in [6.45, 7) is 6.29. The van der Waals surface area contributed by atoms with Gasteiger partial charge in [-0.25, -0.2) is 0 Å². The molecule has 0 bridgehead atoms. The largest absolute Gasteiger partial charge is 0.454 e. The predicted octanol–water partition coefficient (Wildman–Crippen LogP) is 2.08. The summed E-state index contributed by atoms with van der Waals surface area (Å²) in [5, 5.41) is 13.6. The van der Waals surface area contributed by atoms with Crippen LogP contribution in [0, 0.1) is 0 Å². The van der Waals surface area contributed by atoms with Gasteiger partial charge < -0.3 is 19.9 Å². The lowest BCUT2D eigenvalue weighted by atomic mass is 9.79. The molecule has 1 aromatic carbocycles. The van der Waals surface area contributed by atoms with Crippen molar-refractivity contribution in [1.29, 1.82) is 0 Å². The van der Waals surface area contributed by atoms with Gasteiger partial charge >= 0.3 is 0 Å². The van der Waals surface area contributed by atoms with E-state index in [2.05, 4.69) is 5.32 Å². The number of fused-ring (bicyclic) bond motifs is 3. The number of ether oxygens (including phenoxy) is 2. The van der Waals surface area contributed by atoms with E-state index in [0.29, 0.717) is 0 Å². The van der Waals surface area contributed by atoms with Gasteiger partial charge in [0.05, 0.1) is 17.3 Å². The molecule has 0 radical (unpaired) electrons. The molecule has 0 fully saturated rings. The lowest BCUT2D eigenvalue weighted by Gasteiger charge is -2.42. The second kappa shape index (κ2) is 3.29. The topological polar surface area (TPSA) is 50.7 Å². The fraction of sp³-hybridized carbons (Fsp3) is 0.538. The van der Waals surface area contributed by atoms with Crippen molar-refractivity contribution in [2.45, 2.75) is 38.3 Å². The highest BCUT2D eigenvalue weighted by Crippen LogP contribution is 2.49. The summed E-state index contributed by atoms with van der Waals surface area (Å²) in [7, 11) is 0. The van der Waals surface area contributed by atoms with E-state index in [4.69, 9.17) is 9.47 Å². The van der Waals surface area contributed by atoms with Gasteiger partial charge in [-0.1, -0.05) is 13.0 Å². The number of aliphatic hydroxyl groups excluding tert-OH is 1. The smallest absolute Gasteiger partial charge is 0.231 e. The van der Waals surface area contributed by atoms with Crippen molar-refractivity contribution in [3.63, 3.8) is 0 Å². The maximum atomic E-state index is 10.3. The van der Waals surface area contributed by atoms with Crippen LogP contribution in [-0.2, 0) is 0 Å². The average molecular weight is 235 g/mol. The third-order valence-electron chi connectivity index (χ3n) is 3.72.